The molecule has 0 bridgehead atoms. The predicted molar refractivity (Wildman–Crippen MR) is 100 cm³/mol. The van der Waals surface area contributed by atoms with Crippen molar-refractivity contribution in [3.8, 4) is 22.8 Å². The lowest BCUT2D eigenvalue weighted by molar-refractivity contribution is 0.0524. The summed E-state index contributed by atoms with van der Waals surface area (Å²) in [6.07, 6.45) is 0. The molecule has 0 spiro atoms. The van der Waals surface area contributed by atoms with Crippen molar-refractivity contribution in [1.29, 1.82) is 0 Å². The first kappa shape index (κ1) is 18.8. The third-order valence-electron chi connectivity index (χ3n) is 4.43. The second-order valence-corrected chi connectivity index (χ2v) is 6.34. The van der Waals surface area contributed by atoms with Crippen LogP contribution in [0, 0.1) is 5.82 Å². The summed E-state index contributed by atoms with van der Waals surface area (Å²) in [5, 5.41) is 6.23. The molecule has 0 aliphatic carbocycles. The Bertz CT molecular complexity index is 1050. The van der Waals surface area contributed by atoms with E-state index in [1.54, 1.807) is 30.3 Å². The average molecular weight is 396 g/mol. The summed E-state index contributed by atoms with van der Waals surface area (Å²) >= 11 is 0. The van der Waals surface area contributed by atoms with E-state index in [1.807, 2.05) is 0 Å². The molecule has 2 heterocycles. The van der Waals surface area contributed by atoms with Crippen LogP contribution in [0.5, 0.6) is 0 Å². The van der Waals surface area contributed by atoms with E-state index in [0.717, 1.165) is 0 Å². The van der Waals surface area contributed by atoms with Crippen LogP contribution in [-0.4, -0.2) is 53.3 Å². The van der Waals surface area contributed by atoms with E-state index in [9.17, 15) is 14.0 Å². The van der Waals surface area contributed by atoms with Crippen molar-refractivity contribution in [2.24, 2.45) is 0 Å². The first-order chi connectivity index (χ1) is 14.1. The van der Waals surface area contributed by atoms with Crippen LogP contribution in [0.4, 0.5) is 9.18 Å². The SMILES string of the molecule is O=C(NC(=O)N1CCOCC1)c1cccc(-c2noc(-c3ccccc3F)n2)c1. The lowest BCUT2D eigenvalue weighted by atomic mass is 10.1. The smallest absolute Gasteiger partial charge is 0.324 e. The molecule has 1 saturated heterocycles. The molecule has 1 fully saturated rings. The highest BCUT2D eigenvalue weighted by Crippen LogP contribution is 2.24. The summed E-state index contributed by atoms with van der Waals surface area (Å²) in [5.74, 6) is -0.772. The van der Waals surface area contributed by atoms with Crippen molar-refractivity contribution in [1.82, 2.24) is 20.4 Å². The van der Waals surface area contributed by atoms with Gasteiger partial charge in [-0.25, -0.2) is 9.18 Å². The number of urea groups is 1. The highest BCUT2D eigenvalue weighted by molar-refractivity contribution is 6.04. The van der Waals surface area contributed by atoms with Crippen molar-refractivity contribution in [3.05, 3.63) is 59.9 Å². The number of hydrogen-bond donors (Lipinski definition) is 1. The van der Waals surface area contributed by atoms with Gasteiger partial charge in [0.1, 0.15) is 5.82 Å². The molecule has 8 nitrogen and oxygen atoms in total. The van der Waals surface area contributed by atoms with E-state index in [4.69, 9.17) is 9.26 Å². The molecule has 1 N–H and O–H groups in total. The molecule has 0 saturated carbocycles. The molecule has 9 heteroatoms. The van der Waals surface area contributed by atoms with Gasteiger partial charge in [0.25, 0.3) is 11.8 Å². The molecule has 2 aromatic carbocycles. The second kappa shape index (κ2) is 8.19. The number of amides is 3. The van der Waals surface area contributed by atoms with Crippen LogP contribution in [0.1, 0.15) is 10.4 Å². The van der Waals surface area contributed by atoms with Gasteiger partial charge in [-0.3, -0.25) is 10.1 Å². The maximum atomic E-state index is 13.9. The summed E-state index contributed by atoms with van der Waals surface area (Å²) in [6.45, 7) is 1.75. The molecule has 1 aliphatic heterocycles. The minimum Gasteiger partial charge on any atom is -0.378 e. The van der Waals surface area contributed by atoms with Gasteiger partial charge in [0.15, 0.2) is 0 Å². The van der Waals surface area contributed by atoms with Crippen LogP contribution in [0.15, 0.2) is 53.1 Å². The zero-order chi connectivity index (χ0) is 20.2. The van der Waals surface area contributed by atoms with Crippen LogP contribution in [0.3, 0.4) is 0 Å². The lowest BCUT2D eigenvalue weighted by Gasteiger charge is -2.26. The van der Waals surface area contributed by atoms with Gasteiger partial charge in [-0.1, -0.05) is 29.4 Å². The normalized spacial score (nSPS) is 13.9. The quantitative estimate of drug-likeness (QED) is 0.731. The third kappa shape index (κ3) is 4.14. The maximum absolute atomic E-state index is 13.9. The molecule has 3 aromatic rings. The zero-order valence-electron chi connectivity index (χ0n) is 15.3. The number of benzene rings is 2. The van der Waals surface area contributed by atoms with Gasteiger partial charge in [0, 0.05) is 24.2 Å². The molecule has 148 valence electrons. The second-order valence-electron chi connectivity index (χ2n) is 6.34. The van der Waals surface area contributed by atoms with Gasteiger partial charge < -0.3 is 14.2 Å². The first-order valence-electron chi connectivity index (χ1n) is 8.99. The fourth-order valence-electron chi connectivity index (χ4n) is 2.90. The van der Waals surface area contributed by atoms with Gasteiger partial charge >= 0.3 is 6.03 Å². The number of halogens is 1. The van der Waals surface area contributed by atoms with Crippen molar-refractivity contribution in [2.45, 2.75) is 0 Å². The molecule has 1 aromatic heterocycles. The van der Waals surface area contributed by atoms with Gasteiger partial charge in [-0.05, 0) is 24.3 Å². The third-order valence-corrected chi connectivity index (χ3v) is 4.43. The summed E-state index contributed by atoms with van der Waals surface area (Å²) in [6, 6.07) is 12.0. The topological polar surface area (TPSA) is 97.6 Å². The number of ether oxygens (including phenoxy) is 1. The first-order valence-corrected chi connectivity index (χ1v) is 8.99. The minimum absolute atomic E-state index is 0.0375. The highest BCUT2D eigenvalue weighted by atomic mass is 19.1. The van der Waals surface area contributed by atoms with Crippen LogP contribution >= 0.6 is 0 Å². The number of nitrogens with one attached hydrogen (secondary N) is 1. The lowest BCUT2D eigenvalue weighted by Crippen LogP contribution is -2.47. The molecule has 1 aliphatic rings. The highest BCUT2D eigenvalue weighted by Gasteiger charge is 2.20. The van der Waals surface area contributed by atoms with Crippen LogP contribution in [-0.2, 0) is 4.74 Å². The van der Waals surface area contributed by atoms with Gasteiger partial charge in [-0.2, -0.15) is 4.98 Å². The number of imide groups is 1. The Labute approximate surface area is 165 Å². The summed E-state index contributed by atoms with van der Waals surface area (Å²) in [5.41, 5.74) is 0.959. The molecule has 0 unspecified atom stereocenters. The number of hydrogen-bond acceptors (Lipinski definition) is 6. The molecular weight excluding hydrogens is 379 g/mol. The van der Waals surface area contributed by atoms with Crippen molar-refractivity contribution in [2.75, 3.05) is 26.3 Å². The number of morpholine rings is 1. The van der Waals surface area contributed by atoms with E-state index < -0.39 is 17.8 Å². The largest absolute Gasteiger partial charge is 0.378 e. The summed E-state index contributed by atoms with van der Waals surface area (Å²) < 4.78 is 24.3. The van der Waals surface area contributed by atoms with Crippen molar-refractivity contribution in [3.63, 3.8) is 0 Å². The molecule has 0 atom stereocenters. The van der Waals surface area contributed by atoms with E-state index in [0.29, 0.717) is 31.9 Å². The Morgan fingerprint density at radius 2 is 1.86 bits per heavy atom. The number of rotatable bonds is 3. The van der Waals surface area contributed by atoms with E-state index in [2.05, 4.69) is 15.5 Å². The van der Waals surface area contributed by atoms with Crippen molar-refractivity contribution < 1.29 is 23.2 Å². The van der Waals surface area contributed by atoms with Gasteiger partial charge in [-0.15, -0.1) is 0 Å². The van der Waals surface area contributed by atoms with Crippen molar-refractivity contribution >= 4 is 11.9 Å². The Morgan fingerprint density at radius 1 is 1.07 bits per heavy atom. The average Bonchev–Trinajstić information content (AvgIpc) is 3.25. The maximum Gasteiger partial charge on any atom is 0.324 e. The fraction of sp³-hybridized carbons (Fsp3) is 0.200. The standard InChI is InChI=1S/C20H17FN4O4/c21-16-7-2-1-6-15(16)19-22-17(24-29-19)13-4-3-5-14(12-13)18(26)23-20(27)25-8-10-28-11-9-25/h1-7,12H,8-11H2,(H,23,26,27). The molecule has 4 rings (SSSR count). The molecule has 3 amide bonds. The monoisotopic (exact) mass is 396 g/mol. The minimum atomic E-state index is -0.541. The molecule has 29 heavy (non-hydrogen) atoms. The zero-order valence-corrected chi connectivity index (χ0v) is 15.3. The number of carbonyl (C=O) groups is 2. The van der Waals surface area contributed by atoms with Gasteiger partial charge in [0.05, 0.1) is 18.8 Å². The number of aromatic nitrogens is 2. The fourth-order valence-corrected chi connectivity index (χ4v) is 2.90. The Kier molecular flexibility index (Phi) is 5.30. The predicted octanol–water partition coefficient (Wildman–Crippen LogP) is 2.72. The number of nitrogens with zero attached hydrogens (tertiary/aromatic N) is 3. The van der Waals surface area contributed by atoms with E-state index in [1.165, 1.54) is 23.1 Å². The van der Waals surface area contributed by atoms with Crippen LogP contribution in [0.25, 0.3) is 22.8 Å². The van der Waals surface area contributed by atoms with Gasteiger partial charge in [0.2, 0.25) is 5.82 Å². The summed E-state index contributed by atoms with van der Waals surface area (Å²) in [7, 11) is 0. The summed E-state index contributed by atoms with van der Waals surface area (Å²) in [4.78, 5) is 30.4. The van der Waals surface area contributed by atoms with E-state index in [-0.39, 0.29) is 22.8 Å². The Balaban J connectivity index is 1.51. The Morgan fingerprint density at radius 3 is 2.66 bits per heavy atom. The Hall–Kier alpha value is -3.59. The number of carbonyl (C=O) groups excluding carboxylic acids is 2. The van der Waals surface area contributed by atoms with Crippen LogP contribution in [0.2, 0.25) is 0 Å². The molecule has 0 radical (unpaired) electrons. The van der Waals surface area contributed by atoms with E-state index >= 15 is 0 Å². The molecular formula is C20H17FN4O4. The van der Waals surface area contributed by atoms with Crippen LogP contribution < -0.4 is 5.32 Å².